The number of aryl methyl sites for hydroxylation is 3. The molecule has 0 bridgehead atoms. The number of rotatable bonds is 3. The lowest BCUT2D eigenvalue weighted by molar-refractivity contribution is 0.0990. The molecular weight excluding hydrogens is 205 g/mol. The molecule has 0 saturated heterocycles. The molecule has 0 radical (unpaired) electrons. The fourth-order valence-electron chi connectivity index (χ4n) is 1.86. The molecule has 2 N–H and O–H groups in total. The molecule has 0 amide bonds. The average molecular weight is 223 g/mol. The quantitative estimate of drug-likeness (QED) is 0.629. The van der Waals surface area contributed by atoms with Crippen LogP contribution in [0.5, 0.6) is 0 Å². The van der Waals surface area contributed by atoms with Crippen molar-refractivity contribution >= 4 is 15.0 Å². The molecule has 2 unspecified atom stereocenters. The van der Waals surface area contributed by atoms with Gasteiger partial charge in [0.15, 0.2) is 5.78 Å². The highest BCUT2D eigenvalue weighted by molar-refractivity contribution is 7.19. The highest BCUT2D eigenvalue weighted by Crippen LogP contribution is 2.20. The lowest BCUT2D eigenvalue weighted by Gasteiger charge is -2.13. The SMILES string of the molecule is Cc1cc(C)c(C(=O)C(P)CN)c(C)c1. The van der Waals surface area contributed by atoms with Crippen molar-refractivity contribution in [2.75, 3.05) is 6.54 Å². The summed E-state index contributed by atoms with van der Waals surface area (Å²) in [4.78, 5) is 12.0. The molecule has 0 saturated carbocycles. The van der Waals surface area contributed by atoms with E-state index in [-0.39, 0.29) is 11.4 Å². The minimum absolute atomic E-state index is 0.123. The Morgan fingerprint density at radius 2 is 1.80 bits per heavy atom. The highest BCUT2D eigenvalue weighted by Gasteiger charge is 2.18. The van der Waals surface area contributed by atoms with Crippen molar-refractivity contribution in [2.24, 2.45) is 5.73 Å². The molecule has 0 aliphatic rings. The Morgan fingerprint density at radius 3 is 2.20 bits per heavy atom. The molecule has 2 nitrogen and oxygen atoms in total. The first-order chi connectivity index (χ1) is 6.97. The maximum atomic E-state index is 12.0. The largest absolute Gasteiger partial charge is 0.329 e. The Labute approximate surface area is 93.5 Å². The van der Waals surface area contributed by atoms with E-state index < -0.39 is 0 Å². The smallest absolute Gasteiger partial charge is 0.171 e. The molecule has 3 heteroatoms. The summed E-state index contributed by atoms with van der Waals surface area (Å²) < 4.78 is 0. The average Bonchev–Trinajstić information content (AvgIpc) is 2.14. The first-order valence-corrected chi connectivity index (χ1v) is 5.71. The van der Waals surface area contributed by atoms with Crippen molar-refractivity contribution in [3.8, 4) is 0 Å². The van der Waals surface area contributed by atoms with Crippen LogP contribution in [0, 0.1) is 20.8 Å². The van der Waals surface area contributed by atoms with Crippen LogP contribution in [0.15, 0.2) is 12.1 Å². The van der Waals surface area contributed by atoms with E-state index in [0.717, 1.165) is 16.7 Å². The van der Waals surface area contributed by atoms with Gasteiger partial charge in [-0.05, 0) is 31.9 Å². The molecule has 0 aromatic heterocycles. The highest BCUT2D eigenvalue weighted by atomic mass is 31.0. The fraction of sp³-hybridized carbons (Fsp3) is 0.417. The number of hydrogen-bond donors (Lipinski definition) is 1. The van der Waals surface area contributed by atoms with Crippen molar-refractivity contribution < 1.29 is 4.79 Å². The van der Waals surface area contributed by atoms with E-state index >= 15 is 0 Å². The molecule has 0 spiro atoms. The summed E-state index contributed by atoms with van der Waals surface area (Å²) in [5, 5.41) is 0. The zero-order valence-electron chi connectivity index (χ0n) is 9.50. The fourth-order valence-corrected chi connectivity index (χ4v) is 2.03. The Kier molecular flexibility index (Phi) is 4.01. The van der Waals surface area contributed by atoms with Crippen molar-refractivity contribution in [1.29, 1.82) is 0 Å². The van der Waals surface area contributed by atoms with Crippen LogP contribution < -0.4 is 5.73 Å². The number of carbonyl (C=O) groups is 1. The van der Waals surface area contributed by atoms with Crippen molar-refractivity contribution in [3.05, 3.63) is 34.4 Å². The van der Waals surface area contributed by atoms with Crippen molar-refractivity contribution in [3.63, 3.8) is 0 Å². The Hall–Kier alpha value is -0.720. The Morgan fingerprint density at radius 1 is 1.33 bits per heavy atom. The third-order valence-electron chi connectivity index (χ3n) is 2.51. The molecule has 82 valence electrons. The van der Waals surface area contributed by atoms with Gasteiger partial charge in [0, 0.05) is 17.8 Å². The summed E-state index contributed by atoms with van der Waals surface area (Å²) in [6.07, 6.45) is 0. The summed E-state index contributed by atoms with van der Waals surface area (Å²) in [5.41, 5.74) is 9.42. The molecule has 1 rings (SSSR count). The van der Waals surface area contributed by atoms with Crippen molar-refractivity contribution in [1.82, 2.24) is 0 Å². The van der Waals surface area contributed by atoms with Gasteiger partial charge in [0.05, 0.1) is 0 Å². The minimum atomic E-state index is -0.176. The number of Topliss-reactive ketones (excluding diaryl/α,β-unsaturated/α-hetero) is 1. The molecule has 1 aromatic carbocycles. The van der Waals surface area contributed by atoms with E-state index in [1.165, 1.54) is 5.56 Å². The second kappa shape index (κ2) is 4.87. The van der Waals surface area contributed by atoms with Gasteiger partial charge in [-0.2, -0.15) is 0 Å². The molecule has 15 heavy (non-hydrogen) atoms. The zero-order valence-corrected chi connectivity index (χ0v) is 10.7. The third-order valence-corrected chi connectivity index (χ3v) is 3.09. The van der Waals surface area contributed by atoms with Gasteiger partial charge in [-0.25, -0.2) is 0 Å². The van der Waals surface area contributed by atoms with Gasteiger partial charge >= 0.3 is 0 Å². The summed E-state index contributed by atoms with van der Waals surface area (Å²) >= 11 is 0. The number of carbonyl (C=O) groups excluding carboxylic acids is 1. The predicted molar refractivity (Wildman–Crippen MR) is 67.5 cm³/mol. The van der Waals surface area contributed by atoms with Crippen LogP contribution in [0.4, 0.5) is 0 Å². The van der Waals surface area contributed by atoms with Crippen LogP contribution in [-0.4, -0.2) is 18.0 Å². The van der Waals surface area contributed by atoms with E-state index in [1.54, 1.807) is 0 Å². The summed E-state index contributed by atoms with van der Waals surface area (Å²) in [7, 11) is 2.51. The van der Waals surface area contributed by atoms with Gasteiger partial charge in [-0.1, -0.05) is 17.7 Å². The van der Waals surface area contributed by atoms with E-state index in [9.17, 15) is 4.79 Å². The lowest BCUT2D eigenvalue weighted by Crippen LogP contribution is -2.25. The molecule has 0 aliphatic heterocycles. The summed E-state index contributed by atoms with van der Waals surface area (Å²) in [5.74, 6) is 0.123. The zero-order chi connectivity index (χ0) is 11.6. The van der Waals surface area contributed by atoms with Crippen LogP contribution in [0.3, 0.4) is 0 Å². The molecular formula is C12H18NOP. The van der Waals surface area contributed by atoms with Gasteiger partial charge in [0.25, 0.3) is 0 Å². The normalized spacial score (nSPS) is 12.6. The summed E-state index contributed by atoms with van der Waals surface area (Å²) in [6.45, 7) is 6.36. The molecule has 2 atom stereocenters. The molecule has 0 heterocycles. The number of ketones is 1. The van der Waals surface area contributed by atoms with Gasteiger partial charge in [-0.3, -0.25) is 4.79 Å². The maximum absolute atomic E-state index is 12.0. The third kappa shape index (κ3) is 2.64. The van der Waals surface area contributed by atoms with Gasteiger partial charge in [0.2, 0.25) is 0 Å². The van der Waals surface area contributed by atoms with E-state index in [1.807, 2.05) is 32.9 Å². The van der Waals surface area contributed by atoms with Gasteiger partial charge in [0.1, 0.15) is 0 Å². The van der Waals surface area contributed by atoms with E-state index in [2.05, 4.69) is 9.24 Å². The van der Waals surface area contributed by atoms with Crippen LogP contribution in [0.25, 0.3) is 0 Å². The van der Waals surface area contributed by atoms with Crippen LogP contribution in [-0.2, 0) is 0 Å². The van der Waals surface area contributed by atoms with Gasteiger partial charge < -0.3 is 5.73 Å². The molecule has 1 aromatic rings. The standard InChI is InChI=1S/C12H18NOP/c1-7-4-8(2)11(9(3)5-7)12(14)10(15)6-13/h4-5,10H,6,13,15H2,1-3H3. The van der Waals surface area contributed by atoms with Crippen molar-refractivity contribution in [2.45, 2.75) is 26.4 Å². The van der Waals surface area contributed by atoms with Crippen LogP contribution in [0.2, 0.25) is 0 Å². The second-order valence-electron chi connectivity index (χ2n) is 3.98. The topological polar surface area (TPSA) is 43.1 Å². The lowest BCUT2D eigenvalue weighted by atomic mass is 9.95. The molecule has 0 fully saturated rings. The van der Waals surface area contributed by atoms with Crippen LogP contribution in [0.1, 0.15) is 27.0 Å². The number of benzene rings is 1. The van der Waals surface area contributed by atoms with Crippen LogP contribution >= 0.6 is 9.24 Å². The maximum Gasteiger partial charge on any atom is 0.171 e. The number of nitrogens with two attached hydrogens (primary N) is 1. The first-order valence-electron chi connectivity index (χ1n) is 5.05. The predicted octanol–water partition coefficient (Wildman–Crippen LogP) is 2.00. The monoisotopic (exact) mass is 223 g/mol. The first kappa shape index (κ1) is 12.4. The second-order valence-corrected chi connectivity index (χ2v) is 4.78. The summed E-state index contributed by atoms with van der Waals surface area (Å²) in [6, 6.07) is 4.07. The minimum Gasteiger partial charge on any atom is -0.329 e. The van der Waals surface area contributed by atoms with E-state index in [0.29, 0.717) is 6.54 Å². The number of hydrogen-bond acceptors (Lipinski definition) is 2. The van der Waals surface area contributed by atoms with E-state index in [4.69, 9.17) is 5.73 Å². The Balaban J connectivity index is 3.20. The van der Waals surface area contributed by atoms with Gasteiger partial charge in [-0.15, -0.1) is 9.24 Å². The Bertz CT molecular complexity index is 364. The molecule has 0 aliphatic carbocycles.